The SMILES string of the molecule is O=C(Oc1ccccc1Cl)c1ccc(NC(=O)C2CC2)cc1. The Morgan fingerprint density at radius 3 is 2.36 bits per heavy atom. The van der Waals surface area contributed by atoms with Gasteiger partial charge in [-0.2, -0.15) is 0 Å². The Bertz CT molecular complexity index is 708. The molecule has 0 atom stereocenters. The molecule has 0 aliphatic heterocycles. The number of ether oxygens (including phenoxy) is 1. The number of rotatable bonds is 4. The van der Waals surface area contributed by atoms with Crippen molar-refractivity contribution < 1.29 is 14.3 Å². The molecule has 1 fully saturated rings. The quantitative estimate of drug-likeness (QED) is 0.687. The van der Waals surface area contributed by atoms with Crippen LogP contribution in [0.1, 0.15) is 23.2 Å². The third-order valence-corrected chi connectivity index (χ3v) is 3.69. The minimum atomic E-state index is -0.492. The molecular formula is C17H14ClNO3. The summed E-state index contributed by atoms with van der Waals surface area (Å²) in [6.45, 7) is 0. The second-order valence-corrected chi connectivity index (χ2v) is 5.57. The molecule has 112 valence electrons. The number of amides is 1. The Kier molecular flexibility index (Phi) is 4.11. The first-order chi connectivity index (χ1) is 10.6. The smallest absolute Gasteiger partial charge is 0.343 e. The predicted molar refractivity (Wildman–Crippen MR) is 84.2 cm³/mol. The molecule has 1 aliphatic rings. The summed E-state index contributed by atoms with van der Waals surface area (Å²) in [6, 6.07) is 13.4. The van der Waals surface area contributed by atoms with Crippen LogP contribution in [0.5, 0.6) is 5.75 Å². The molecule has 1 amide bonds. The summed E-state index contributed by atoms with van der Waals surface area (Å²) >= 11 is 5.95. The van der Waals surface area contributed by atoms with Gasteiger partial charge in [0.25, 0.3) is 0 Å². The van der Waals surface area contributed by atoms with Crippen molar-refractivity contribution in [2.24, 2.45) is 5.92 Å². The molecule has 2 aromatic carbocycles. The molecule has 0 heterocycles. The fraction of sp³-hybridized carbons (Fsp3) is 0.176. The average molecular weight is 316 g/mol. The van der Waals surface area contributed by atoms with Crippen molar-refractivity contribution in [1.82, 2.24) is 0 Å². The largest absolute Gasteiger partial charge is 0.421 e. The Balaban J connectivity index is 1.65. The molecule has 1 N–H and O–H groups in total. The molecule has 22 heavy (non-hydrogen) atoms. The molecule has 0 aromatic heterocycles. The number of anilines is 1. The van der Waals surface area contributed by atoms with E-state index in [2.05, 4.69) is 5.32 Å². The number of carbonyl (C=O) groups excluding carboxylic acids is 2. The molecule has 1 saturated carbocycles. The van der Waals surface area contributed by atoms with Gasteiger partial charge in [-0.25, -0.2) is 4.79 Å². The van der Waals surface area contributed by atoms with Crippen LogP contribution < -0.4 is 10.1 Å². The van der Waals surface area contributed by atoms with Crippen LogP contribution in [0.15, 0.2) is 48.5 Å². The van der Waals surface area contributed by atoms with Crippen molar-refractivity contribution in [2.75, 3.05) is 5.32 Å². The van der Waals surface area contributed by atoms with E-state index < -0.39 is 5.97 Å². The molecule has 0 bridgehead atoms. The van der Waals surface area contributed by atoms with Crippen molar-refractivity contribution in [3.05, 3.63) is 59.1 Å². The first-order valence-corrected chi connectivity index (χ1v) is 7.39. The lowest BCUT2D eigenvalue weighted by atomic mass is 10.2. The van der Waals surface area contributed by atoms with Gasteiger partial charge in [-0.05, 0) is 49.2 Å². The highest BCUT2D eigenvalue weighted by Gasteiger charge is 2.29. The number of nitrogens with one attached hydrogen (secondary N) is 1. The van der Waals surface area contributed by atoms with Crippen LogP contribution in [-0.4, -0.2) is 11.9 Å². The van der Waals surface area contributed by atoms with E-state index in [-0.39, 0.29) is 11.8 Å². The maximum absolute atomic E-state index is 12.0. The Labute approximate surface area is 133 Å². The van der Waals surface area contributed by atoms with Crippen LogP contribution in [0.25, 0.3) is 0 Å². The first kappa shape index (κ1) is 14.6. The monoisotopic (exact) mass is 315 g/mol. The van der Waals surface area contributed by atoms with E-state index in [4.69, 9.17) is 16.3 Å². The van der Waals surface area contributed by atoms with Crippen molar-refractivity contribution in [3.63, 3.8) is 0 Å². The van der Waals surface area contributed by atoms with E-state index in [0.717, 1.165) is 12.8 Å². The Morgan fingerprint density at radius 2 is 1.73 bits per heavy atom. The molecule has 0 unspecified atom stereocenters. The number of carbonyl (C=O) groups is 2. The average Bonchev–Trinajstić information content (AvgIpc) is 3.35. The van der Waals surface area contributed by atoms with Crippen LogP contribution in [-0.2, 0) is 4.79 Å². The van der Waals surface area contributed by atoms with E-state index >= 15 is 0 Å². The van der Waals surface area contributed by atoms with E-state index in [1.54, 1.807) is 48.5 Å². The van der Waals surface area contributed by atoms with Gasteiger partial charge < -0.3 is 10.1 Å². The van der Waals surface area contributed by atoms with Crippen LogP contribution in [0.3, 0.4) is 0 Å². The molecule has 0 radical (unpaired) electrons. The molecule has 5 heteroatoms. The predicted octanol–water partition coefficient (Wildman–Crippen LogP) is 3.91. The Morgan fingerprint density at radius 1 is 1.05 bits per heavy atom. The van der Waals surface area contributed by atoms with Crippen LogP contribution in [0.2, 0.25) is 5.02 Å². The van der Waals surface area contributed by atoms with Gasteiger partial charge in [-0.15, -0.1) is 0 Å². The third kappa shape index (κ3) is 3.46. The lowest BCUT2D eigenvalue weighted by Crippen LogP contribution is -2.13. The minimum absolute atomic E-state index is 0.0337. The maximum atomic E-state index is 12.0. The number of esters is 1. The van der Waals surface area contributed by atoms with Gasteiger partial charge in [-0.3, -0.25) is 4.79 Å². The van der Waals surface area contributed by atoms with E-state index in [1.807, 2.05) is 0 Å². The second-order valence-electron chi connectivity index (χ2n) is 5.16. The summed E-state index contributed by atoms with van der Waals surface area (Å²) in [6.07, 6.45) is 1.90. The van der Waals surface area contributed by atoms with Crippen LogP contribution in [0.4, 0.5) is 5.69 Å². The fourth-order valence-corrected chi connectivity index (χ4v) is 2.14. The van der Waals surface area contributed by atoms with Crippen molar-refractivity contribution in [2.45, 2.75) is 12.8 Å². The molecule has 2 aromatic rings. The van der Waals surface area contributed by atoms with Gasteiger partial charge in [0.2, 0.25) is 5.91 Å². The highest BCUT2D eigenvalue weighted by Crippen LogP contribution is 2.30. The zero-order chi connectivity index (χ0) is 15.5. The van der Waals surface area contributed by atoms with Gasteiger partial charge in [0.1, 0.15) is 5.75 Å². The molecule has 4 nitrogen and oxygen atoms in total. The highest BCUT2D eigenvalue weighted by molar-refractivity contribution is 6.32. The molecule has 3 rings (SSSR count). The summed E-state index contributed by atoms with van der Waals surface area (Å²) in [5.74, 6) is 0.00436. The highest BCUT2D eigenvalue weighted by atomic mass is 35.5. The summed E-state index contributed by atoms with van der Waals surface area (Å²) in [4.78, 5) is 23.7. The summed E-state index contributed by atoms with van der Waals surface area (Å²) in [5.41, 5.74) is 1.07. The third-order valence-electron chi connectivity index (χ3n) is 3.38. The van der Waals surface area contributed by atoms with Gasteiger partial charge in [0.15, 0.2) is 0 Å². The number of para-hydroxylation sites is 1. The van der Waals surface area contributed by atoms with Crippen molar-refractivity contribution in [3.8, 4) is 5.75 Å². The summed E-state index contributed by atoms with van der Waals surface area (Å²) in [5, 5.41) is 3.20. The van der Waals surface area contributed by atoms with Gasteiger partial charge in [0, 0.05) is 11.6 Å². The van der Waals surface area contributed by atoms with Crippen LogP contribution >= 0.6 is 11.6 Å². The second kappa shape index (κ2) is 6.20. The van der Waals surface area contributed by atoms with Crippen LogP contribution in [0, 0.1) is 5.92 Å². The van der Waals surface area contributed by atoms with Gasteiger partial charge in [-0.1, -0.05) is 23.7 Å². The zero-order valence-corrected chi connectivity index (χ0v) is 12.5. The maximum Gasteiger partial charge on any atom is 0.343 e. The Hall–Kier alpha value is -2.33. The summed E-state index contributed by atoms with van der Waals surface area (Å²) < 4.78 is 5.24. The standard InChI is InChI=1S/C17H14ClNO3/c18-14-3-1-2-4-15(14)22-17(21)12-7-9-13(10-8-12)19-16(20)11-5-6-11/h1-4,7-11H,5-6H2,(H,19,20). The fourth-order valence-electron chi connectivity index (χ4n) is 1.97. The number of halogens is 1. The number of hydrogen-bond donors (Lipinski definition) is 1. The lowest BCUT2D eigenvalue weighted by molar-refractivity contribution is -0.117. The number of hydrogen-bond acceptors (Lipinski definition) is 3. The molecular weight excluding hydrogens is 302 g/mol. The van der Waals surface area contributed by atoms with Gasteiger partial charge in [0.05, 0.1) is 10.6 Å². The zero-order valence-electron chi connectivity index (χ0n) is 11.7. The lowest BCUT2D eigenvalue weighted by Gasteiger charge is -2.07. The first-order valence-electron chi connectivity index (χ1n) is 7.01. The van der Waals surface area contributed by atoms with Crippen molar-refractivity contribution in [1.29, 1.82) is 0 Å². The van der Waals surface area contributed by atoms with Gasteiger partial charge >= 0.3 is 5.97 Å². The van der Waals surface area contributed by atoms with E-state index in [0.29, 0.717) is 22.0 Å². The van der Waals surface area contributed by atoms with Crippen molar-refractivity contribution >= 4 is 29.2 Å². The number of benzene rings is 2. The molecule has 1 aliphatic carbocycles. The van der Waals surface area contributed by atoms with E-state index in [1.165, 1.54) is 0 Å². The summed E-state index contributed by atoms with van der Waals surface area (Å²) in [7, 11) is 0. The normalized spacial score (nSPS) is 13.5. The van der Waals surface area contributed by atoms with E-state index in [9.17, 15) is 9.59 Å². The molecule has 0 spiro atoms. The minimum Gasteiger partial charge on any atom is -0.421 e. The molecule has 0 saturated heterocycles. The topological polar surface area (TPSA) is 55.4 Å².